The molecule has 1 aliphatic heterocycles. The molecule has 0 radical (unpaired) electrons. The molecular formula is C11H17N3O2. The Morgan fingerprint density at radius 3 is 2.75 bits per heavy atom. The molecule has 2 N–H and O–H groups in total. The number of rotatable bonds is 3. The van der Waals surface area contributed by atoms with Crippen molar-refractivity contribution in [3.05, 3.63) is 17.0 Å². The van der Waals surface area contributed by atoms with Gasteiger partial charge in [-0.2, -0.15) is 5.10 Å². The number of β-amino-alcohol motifs (C(OH)–C–C–N with tert-alkyl or cyclic N) is 1. The summed E-state index contributed by atoms with van der Waals surface area (Å²) in [7, 11) is 0. The number of nitrogens with one attached hydrogen (secondary N) is 1. The SMILES string of the molecule is Cc1n[nH]c(C)c1CCC(=O)N1CC(O)C1. The summed E-state index contributed by atoms with van der Waals surface area (Å²) in [6.07, 6.45) is 0.898. The number of hydrogen-bond donors (Lipinski definition) is 2. The minimum Gasteiger partial charge on any atom is -0.389 e. The van der Waals surface area contributed by atoms with E-state index in [1.807, 2.05) is 13.8 Å². The van der Waals surface area contributed by atoms with E-state index in [0.29, 0.717) is 19.5 Å². The zero-order valence-electron chi connectivity index (χ0n) is 9.66. The molecule has 1 amide bonds. The number of hydrogen-bond acceptors (Lipinski definition) is 3. The second-order valence-corrected chi connectivity index (χ2v) is 4.37. The Kier molecular flexibility index (Phi) is 2.96. The molecule has 0 spiro atoms. The molecule has 0 saturated carbocycles. The molecule has 1 fully saturated rings. The molecule has 0 bridgehead atoms. The van der Waals surface area contributed by atoms with Crippen LogP contribution in [0.15, 0.2) is 0 Å². The van der Waals surface area contributed by atoms with Crippen molar-refractivity contribution in [2.45, 2.75) is 32.8 Å². The standard InChI is InChI=1S/C11H17N3O2/c1-7-10(8(2)13-12-7)3-4-11(16)14-5-9(15)6-14/h9,15H,3-6H2,1-2H3,(H,12,13). The van der Waals surface area contributed by atoms with E-state index in [-0.39, 0.29) is 12.0 Å². The van der Waals surface area contributed by atoms with Gasteiger partial charge in [-0.05, 0) is 25.8 Å². The highest BCUT2D eigenvalue weighted by Gasteiger charge is 2.28. The molecule has 1 aromatic heterocycles. The number of aliphatic hydroxyl groups excluding tert-OH is 1. The van der Waals surface area contributed by atoms with Gasteiger partial charge in [-0.15, -0.1) is 0 Å². The maximum absolute atomic E-state index is 11.7. The average molecular weight is 223 g/mol. The maximum Gasteiger partial charge on any atom is 0.223 e. The molecule has 2 heterocycles. The van der Waals surface area contributed by atoms with Gasteiger partial charge < -0.3 is 10.0 Å². The number of aliphatic hydroxyl groups is 1. The number of likely N-dealkylation sites (tertiary alicyclic amines) is 1. The molecule has 1 aromatic rings. The predicted molar refractivity (Wildman–Crippen MR) is 59.0 cm³/mol. The summed E-state index contributed by atoms with van der Waals surface area (Å²) in [5.41, 5.74) is 3.14. The van der Waals surface area contributed by atoms with Crippen LogP contribution in [0.1, 0.15) is 23.4 Å². The molecule has 16 heavy (non-hydrogen) atoms. The molecular weight excluding hydrogens is 206 g/mol. The van der Waals surface area contributed by atoms with Crippen molar-refractivity contribution in [3.63, 3.8) is 0 Å². The third-order valence-electron chi connectivity index (χ3n) is 3.08. The number of aromatic amines is 1. The normalized spacial score (nSPS) is 16.3. The van der Waals surface area contributed by atoms with E-state index in [9.17, 15) is 4.79 Å². The third-order valence-corrected chi connectivity index (χ3v) is 3.08. The topological polar surface area (TPSA) is 69.2 Å². The fourth-order valence-electron chi connectivity index (χ4n) is 1.99. The van der Waals surface area contributed by atoms with Crippen molar-refractivity contribution in [2.75, 3.05) is 13.1 Å². The highest BCUT2D eigenvalue weighted by atomic mass is 16.3. The number of aryl methyl sites for hydroxylation is 2. The van der Waals surface area contributed by atoms with Crippen molar-refractivity contribution in [2.24, 2.45) is 0 Å². The lowest BCUT2D eigenvalue weighted by molar-refractivity contribution is -0.141. The Morgan fingerprint density at radius 1 is 1.56 bits per heavy atom. The van der Waals surface area contributed by atoms with E-state index in [0.717, 1.165) is 23.4 Å². The molecule has 0 aromatic carbocycles. The summed E-state index contributed by atoms with van der Waals surface area (Å²) in [5, 5.41) is 16.1. The van der Waals surface area contributed by atoms with E-state index >= 15 is 0 Å². The minimum absolute atomic E-state index is 0.116. The van der Waals surface area contributed by atoms with Crippen molar-refractivity contribution in [3.8, 4) is 0 Å². The molecule has 0 unspecified atom stereocenters. The van der Waals surface area contributed by atoms with Crippen LogP contribution in [0.2, 0.25) is 0 Å². The van der Waals surface area contributed by atoms with E-state index in [2.05, 4.69) is 10.2 Å². The van der Waals surface area contributed by atoms with Gasteiger partial charge >= 0.3 is 0 Å². The summed E-state index contributed by atoms with van der Waals surface area (Å²) in [5.74, 6) is 0.116. The summed E-state index contributed by atoms with van der Waals surface area (Å²) in [6.45, 7) is 4.88. The van der Waals surface area contributed by atoms with E-state index in [4.69, 9.17) is 5.11 Å². The van der Waals surface area contributed by atoms with E-state index in [1.54, 1.807) is 4.90 Å². The number of H-pyrrole nitrogens is 1. The molecule has 5 nitrogen and oxygen atoms in total. The fourth-order valence-corrected chi connectivity index (χ4v) is 1.99. The fraction of sp³-hybridized carbons (Fsp3) is 0.636. The number of amides is 1. The van der Waals surface area contributed by atoms with Crippen LogP contribution in [-0.4, -0.2) is 45.3 Å². The van der Waals surface area contributed by atoms with Crippen LogP contribution in [0, 0.1) is 13.8 Å². The van der Waals surface area contributed by atoms with Gasteiger partial charge in [0.15, 0.2) is 0 Å². The summed E-state index contributed by atoms with van der Waals surface area (Å²) in [6, 6.07) is 0. The number of carbonyl (C=O) groups is 1. The Morgan fingerprint density at radius 2 is 2.25 bits per heavy atom. The second kappa shape index (κ2) is 4.25. The molecule has 2 rings (SSSR count). The molecule has 88 valence electrons. The Hall–Kier alpha value is -1.36. The van der Waals surface area contributed by atoms with Gasteiger partial charge in [0.1, 0.15) is 0 Å². The Balaban J connectivity index is 1.86. The Labute approximate surface area is 94.5 Å². The smallest absolute Gasteiger partial charge is 0.223 e. The van der Waals surface area contributed by atoms with Crippen molar-refractivity contribution < 1.29 is 9.90 Å². The number of nitrogens with zero attached hydrogens (tertiary/aromatic N) is 2. The molecule has 0 atom stereocenters. The van der Waals surface area contributed by atoms with E-state index < -0.39 is 0 Å². The first-order chi connectivity index (χ1) is 7.58. The average Bonchev–Trinajstić information content (AvgIpc) is 2.51. The maximum atomic E-state index is 11.7. The van der Waals surface area contributed by atoms with Crippen LogP contribution in [0.25, 0.3) is 0 Å². The monoisotopic (exact) mass is 223 g/mol. The van der Waals surface area contributed by atoms with Gasteiger partial charge in [0, 0.05) is 25.2 Å². The molecule has 1 aliphatic rings. The highest BCUT2D eigenvalue weighted by Crippen LogP contribution is 2.15. The van der Waals surface area contributed by atoms with Crippen LogP contribution in [0.3, 0.4) is 0 Å². The number of aromatic nitrogens is 2. The van der Waals surface area contributed by atoms with Crippen molar-refractivity contribution in [1.29, 1.82) is 0 Å². The lowest BCUT2D eigenvalue weighted by atomic mass is 10.1. The zero-order valence-corrected chi connectivity index (χ0v) is 9.66. The van der Waals surface area contributed by atoms with E-state index in [1.165, 1.54) is 0 Å². The van der Waals surface area contributed by atoms with Crippen LogP contribution < -0.4 is 0 Å². The van der Waals surface area contributed by atoms with Crippen LogP contribution in [0.5, 0.6) is 0 Å². The zero-order chi connectivity index (χ0) is 11.7. The van der Waals surface area contributed by atoms with Crippen LogP contribution in [0.4, 0.5) is 0 Å². The molecule has 0 aliphatic carbocycles. The lowest BCUT2D eigenvalue weighted by Gasteiger charge is -2.35. The first kappa shape index (κ1) is 11.1. The van der Waals surface area contributed by atoms with Gasteiger partial charge in [-0.3, -0.25) is 9.89 Å². The first-order valence-corrected chi connectivity index (χ1v) is 5.54. The molecule has 1 saturated heterocycles. The summed E-state index contributed by atoms with van der Waals surface area (Å²) < 4.78 is 0. The van der Waals surface area contributed by atoms with Crippen molar-refractivity contribution >= 4 is 5.91 Å². The van der Waals surface area contributed by atoms with Gasteiger partial charge in [0.25, 0.3) is 0 Å². The van der Waals surface area contributed by atoms with Gasteiger partial charge in [-0.25, -0.2) is 0 Å². The number of carbonyl (C=O) groups excluding carboxylic acids is 1. The van der Waals surface area contributed by atoms with Gasteiger partial charge in [0.2, 0.25) is 5.91 Å². The van der Waals surface area contributed by atoms with Gasteiger partial charge in [-0.1, -0.05) is 0 Å². The van der Waals surface area contributed by atoms with Crippen molar-refractivity contribution in [1.82, 2.24) is 15.1 Å². The minimum atomic E-state index is -0.318. The highest BCUT2D eigenvalue weighted by molar-refractivity contribution is 5.77. The lowest BCUT2D eigenvalue weighted by Crippen LogP contribution is -2.53. The summed E-state index contributed by atoms with van der Waals surface area (Å²) in [4.78, 5) is 13.4. The van der Waals surface area contributed by atoms with Crippen LogP contribution >= 0.6 is 0 Å². The predicted octanol–water partition coefficient (Wildman–Crippen LogP) is 0.162. The summed E-state index contributed by atoms with van der Waals surface area (Å²) >= 11 is 0. The quantitative estimate of drug-likeness (QED) is 0.767. The first-order valence-electron chi connectivity index (χ1n) is 5.54. The Bertz CT molecular complexity index is 374. The molecule has 5 heteroatoms. The second-order valence-electron chi connectivity index (χ2n) is 4.37. The van der Waals surface area contributed by atoms with Crippen LogP contribution in [-0.2, 0) is 11.2 Å². The van der Waals surface area contributed by atoms with Gasteiger partial charge in [0.05, 0.1) is 11.8 Å². The largest absolute Gasteiger partial charge is 0.389 e. The third kappa shape index (κ3) is 2.09.